The molecule has 7 nitrogen and oxygen atoms in total. The zero-order valence-corrected chi connectivity index (χ0v) is 19.8. The molecule has 2 aromatic carbocycles. The number of benzene rings is 2. The summed E-state index contributed by atoms with van der Waals surface area (Å²) in [4.78, 5) is 21.3. The molecule has 176 valence electrons. The molecule has 3 aromatic rings. The van der Waals surface area contributed by atoms with Crippen LogP contribution in [0.25, 0.3) is 0 Å². The summed E-state index contributed by atoms with van der Waals surface area (Å²) in [5.41, 5.74) is 2.82. The lowest BCUT2D eigenvalue weighted by molar-refractivity contribution is -0.118. The van der Waals surface area contributed by atoms with Crippen LogP contribution in [0, 0.1) is 6.92 Å². The van der Waals surface area contributed by atoms with Crippen molar-refractivity contribution < 1.29 is 19.4 Å². The number of anilines is 1. The molecule has 1 aliphatic carbocycles. The lowest BCUT2D eigenvalue weighted by Crippen LogP contribution is -2.28. The van der Waals surface area contributed by atoms with Gasteiger partial charge in [-0.25, -0.2) is 4.98 Å². The van der Waals surface area contributed by atoms with Gasteiger partial charge in [0.2, 0.25) is 12.7 Å². The highest BCUT2D eigenvalue weighted by atomic mass is 32.1. The SMILES string of the molecule is Cc1ccccc1[C@H](c1cnc(NC(=O)C2(c3ccc4c(c3)OCO4)CC2)s1)N1CC[C@@H](O)C1. The minimum atomic E-state index is -0.540. The molecular formula is C26H27N3O4S. The summed E-state index contributed by atoms with van der Waals surface area (Å²) in [6.45, 7) is 3.79. The van der Waals surface area contributed by atoms with Gasteiger partial charge < -0.3 is 19.9 Å². The highest BCUT2D eigenvalue weighted by molar-refractivity contribution is 7.15. The van der Waals surface area contributed by atoms with E-state index in [1.54, 1.807) is 0 Å². The molecule has 0 unspecified atom stereocenters. The fraction of sp³-hybridized carbons (Fsp3) is 0.385. The van der Waals surface area contributed by atoms with E-state index in [9.17, 15) is 9.90 Å². The molecule has 1 saturated carbocycles. The van der Waals surface area contributed by atoms with Gasteiger partial charge in [0.25, 0.3) is 0 Å². The summed E-state index contributed by atoms with van der Waals surface area (Å²) in [5.74, 6) is 1.39. The quantitative estimate of drug-likeness (QED) is 0.558. The van der Waals surface area contributed by atoms with E-state index in [2.05, 4.69) is 34.3 Å². The molecule has 0 spiro atoms. The molecule has 0 radical (unpaired) electrons. The van der Waals surface area contributed by atoms with E-state index in [-0.39, 0.29) is 24.8 Å². The average molecular weight is 478 g/mol. The second-order valence-corrected chi connectivity index (χ2v) is 10.4. The van der Waals surface area contributed by atoms with Gasteiger partial charge in [0.05, 0.1) is 17.6 Å². The number of hydrogen-bond acceptors (Lipinski definition) is 7. The van der Waals surface area contributed by atoms with E-state index >= 15 is 0 Å². The van der Waals surface area contributed by atoms with Crippen LogP contribution >= 0.6 is 11.3 Å². The number of rotatable bonds is 6. The Bertz CT molecular complexity index is 1240. The van der Waals surface area contributed by atoms with Crippen molar-refractivity contribution in [3.8, 4) is 11.5 Å². The minimum Gasteiger partial charge on any atom is -0.454 e. The van der Waals surface area contributed by atoms with E-state index in [4.69, 9.17) is 9.47 Å². The number of aliphatic hydroxyl groups is 1. The molecule has 3 aliphatic rings. The molecule has 8 heteroatoms. The molecule has 1 aromatic heterocycles. The summed E-state index contributed by atoms with van der Waals surface area (Å²) in [6, 6.07) is 14.1. The number of ether oxygens (including phenoxy) is 2. The number of aryl methyl sites for hydroxylation is 1. The Kier molecular flexibility index (Phi) is 5.32. The van der Waals surface area contributed by atoms with Crippen LogP contribution in [0.15, 0.2) is 48.7 Å². The third-order valence-electron chi connectivity index (χ3n) is 7.17. The molecule has 0 bridgehead atoms. The summed E-state index contributed by atoms with van der Waals surface area (Å²) < 4.78 is 10.9. The molecular weight excluding hydrogens is 450 g/mol. The molecule has 1 saturated heterocycles. The van der Waals surface area contributed by atoms with Gasteiger partial charge in [-0.3, -0.25) is 9.69 Å². The van der Waals surface area contributed by atoms with Crippen molar-refractivity contribution in [2.24, 2.45) is 0 Å². The van der Waals surface area contributed by atoms with Gasteiger partial charge in [-0.15, -0.1) is 0 Å². The number of thiazole rings is 1. The van der Waals surface area contributed by atoms with Crippen molar-refractivity contribution in [1.29, 1.82) is 0 Å². The van der Waals surface area contributed by atoms with Crippen molar-refractivity contribution >= 4 is 22.4 Å². The number of aromatic nitrogens is 1. The summed E-state index contributed by atoms with van der Waals surface area (Å²) >= 11 is 1.51. The Morgan fingerprint density at radius 1 is 1.24 bits per heavy atom. The maximum Gasteiger partial charge on any atom is 0.236 e. The third kappa shape index (κ3) is 3.76. The van der Waals surface area contributed by atoms with E-state index < -0.39 is 5.41 Å². The van der Waals surface area contributed by atoms with Crippen LogP contribution in [0.2, 0.25) is 0 Å². The summed E-state index contributed by atoms with van der Waals surface area (Å²) in [6.07, 6.45) is 3.92. The Labute approximate surface area is 202 Å². The van der Waals surface area contributed by atoms with Crippen LogP contribution in [-0.4, -0.2) is 46.9 Å². The number of nitrogens with one attached hydrogen (secondary N) is 1. The Hall–Kier alpha value is -2.94. The predicted octanol–water partition coefficient (Wildman–Crippen LogP) is 4.01. The van der Waals surface area contributed by atoms with Crippen LogP contribution in [-0.2, 0) is 10.2 Å². The van der Waals surface area contributed by atoms with Gasteiger partial charge in [0.1, 0.15) is 0 Å². The van der Waals surface area contributed by atoms with E-state index in [1.807, 2.05) is 36.5 Å². The van der Waals surface area contributed by atoms with Gasteiger partial charge in [-0.1, -0.05) is 41.7 Å². The second kappa shape index (κ2) is 8.37. The number of aliphatic hydroxyl groups excluding tert-OH is 1. The van der Waals surface area contributed by atoms with Crippen LogP contribution in [0.4, 0.5) is 5.13 Å². The van der Waals surface area contributed by atoms with Crippen LogP contribution in [0.1, 0.15) is 46.9 Å². The monoisotopic (exact) mass is 477 g/mol. The molecule has 2 atom stereocenters. The van der Waals surface area contributed by atoms with Crippen LogP contribution < -0.4 is 14.8 Å². The second-order valence-electron chi connectivity index (χ2n) is 9.37. The first kappa shape index (κ1) is 21.6. The fourth-order valence-electron chi connectivity index (χ4n) is 5.08. The molecule has 1 amide bonds. The molecule has 3 heterocycles. The molecule has 34 heavy (non-hydrogen) atoms. The minimum absolute atomic E-state index is 0.00486. The number of amides is 1. The number of carbonyl (C=O) groups excluding carboxylic acids is 1. The number of β-amino-alcohol motifs (C(OH)–C–C–N with tert-alkyl or cyclic N) is 1. The van der Waals surface area contributed by atoms with Crippen molar-refractivity contribution in [2.75, 3.05) is 25.2 Å². The van der Waals surface area contributed by atoms with Gasteiger partial charge in [0.15, 0.2) is 16.6 Å². The third-order valence-corrected chi connectivity index (χ3v) is 8.13. The number of fused-ring (bicyclic) bond motifs is 1. The zero-order valence-electron chi connectivity index (χ0n) is 19.0. The normalized spacial score (nSPS) is 21.4. The lowest BCUT2D eigenvalue weighted by atomic mass is 9.94. The van der Waals surface area contributed by atoms with Crippen molar-refractivity contribution in [3.05, 3.63) is 70.2 Å². The maximum absolute atomic E-state index is 13.3. The Balaban J connectivity index is 1.25. The van der Waals surface area contributed by atoms with Gasteiger partial charge in [0, 0.05) is 24.2 Å². The average Bonchev–Trinajstić information content (AvgIpc) is 3.13. The van der Waals surface area contributed by atoms with Gasteiger partial charge in [-0.2, -0.15) is 0 Å². The first-order valence-corrected chi connectivity index (χ1v) is 12.5. The van der Waals surface area contributed by atoms with E-state index in [0.717, 1.165) is 42.0 Å². The Morgan fingerprint density at radius 2 is 2.06 bits per heavy atom. The van der Waals surface area contributed by atoms with E-state index in [1.165, 1.54) is 22.5 Å². The number of hydrogen-bond donors (Lipinski definition) is 2. The summed E-state index contributed by atoms with van der Waals surface area (Å²) in [5, 5.41) is 13.9. The number of carbonyl (C=O) groups is 1. The summed E-state index contributed by atoms with van der Waals surface area (Å²) in [7, 11) is 0. The Morgan fingerprint density at radius 3 is 2.82 bits per heavy atom. The predicted molar refractivity (Wildman–Crippen MR) is 129 cm³/mol. The topological polar surface area (TPSA) is 83.9 Å². The zero-order chi connectivity index (χ0) is 23.3. The van der Waals surface area contributed by atoms with Crippen molar-refractivity contribution in [3.63, 3.8) is 0 Å². The van der Waals surface area contributed by atoms with Gasteiger partial charge in [-0.05, 0) is 55.0 Å². The number of likely N-dealkylation sites (tertiary alicyclic amines) is 1. The highest BCUT2D eigenvalue weighted by Gasteiger charge is 2.52. The van der Waals surface area contributed by atoms with Crippen molar-refractivity contribution in [1.82, 2.24) is 9.88 Å². The molecule has 2 N–H and O–H groups in total. The first-order valence-electron chi connectivity index (χ1n) is 11.7. The molecule has 2 aliphatic heterocycles. The molecule has 6 rings (SSSR count). The van der Waals surface area contributed by atoms with Crippen LogP contribution in [0.5, 0.6) is 11.5 Å². The first-order chi connectivity index (χ1) is 16.5. The highest BCUT2D eigenvalue weighted by Crippen LogP contribution is 2.51. The standard InChI is InChI=1S/C26H27N3O4S/c1-16-4-2-3-5-19(16)23(29-11-8-18(30)14-29)22-13-27-25(34-22)28-24(31)26(9-10-26)17-6-7-20-21(12-17)33-15-32-20/h2-7,12-13,18,23,30H,8-11,14-15H2,1H3,(H,27,28,31)/t18-,23-/m1/s1. The van der Waals surface area contributed by atoms with Gasteiger partial charge >= 0.3 is 0 Å². The fourth-order valence-corrected chi connectivity index (χ4v) is 6.05. The van der Waals surface area contributed by atoms with Crippen LogP contribution in [0.3, 0.4) is 0 Å². The molecule has 2 fully saturated rings. The smallest absolute Gasteiger partial charge is 0.236 e. The number of nitrogens with zero attached hydrogens (tertiary/aromatic N) is 2. The lowest BCUT2D eigenvalue weighted by Gasteiger charge is -2.28. The van der Waals surface area contributed by atoms with E-state index in [0.29, 0.717) is 17.4 Å². The van der Waals surface area contributed by atoms with Crippen molar-refractivity contribution in [2.45, 2.75) is 43.7 Å². The largest absolute Gasteiger partial charge is 0.454 e. The maximum atomic E-state index is 13.3.